The number of nitrogens with zero attached hydrogens (tertiary/aromatic N) is 4. The molecule has 0 atom stereocenters. The number of rotatable bonds is 3. The number of benzene rings is 4. The van der Waals surface area contributed by atoms with Gasteiger partial charge in [-0.15, -0.1) is 0 Å². The molecule has 4 nitrogen and oxygen atoms in total. The predicted molar refractivity (Wildman–Crippen MR) is 156 cm³/mol. The summed E-state index contributed by atoms with van der Waals surface area (Å²) in [7, 11) is 0. The molecular weight excluding hydrogens is 464 g/mol. The van der Waals surface area contributed by atoms with Crippen molar-refractivity contribution in [2.75, 3.05) is 0 Å². The molecule has 4 aromatic carbocycles. The Morgan fingerprint density at radius 2 is 0.658 bits per heavy atom. The van der Waals surface area contributed by atoms with E-state index in [1.165, 1.54) is 21.5 Å². The number of hydrogen-bond donors (Lipinski definition) is 0. The van der Waals surface area contributed by atoms with E-state index in [0.717, 1.165) is 44.8 Å². The molecule has 4 heterocycles. The number of hydrogen-bond acceptors (Lipinski definition) is 2. The molecule has 0 saturated heterocycles. The van der Waals surface area contributed by atoms with E-state index in [9.17, 15) is 0 Å². The monoisotopic (exact) mass is 486 g/mol. The molecule has 0 aliphatic rings. The quantitative estimate of drug-likeness (QED) is 0.252. The van der Waals surface area contributed by atoms with Gasteiger partial charge in [0.25, 0.3) is 0 Å². The van der Waals surface area contributed by atoms with Gasteiger partial charge in [-0.05, 0) is 48.5 Å². The molecule has 0 aliphatic heterocycles. The van der Waals surface area contributed by atoms with Crippen molar-refractivity contribution in [3.8, 4) is 22.8 Å². The van der Waals surface area contributed by atoms with E-state index >= 15 is 0 Å². The molecule has 0 saturated carbocycles. The summed E-state index contributed by atoms with van der Waals surface area (Å²) in [6.07, 6.45) is 3.75. The Hall–Kier alpha value is -5.22. The van der Waals surface area contributed by atoms with Crippen LogP contribution in [0.5, 0.6) is 0 Å². The minimum absolute atomic E-state index is 0.889. The summed E-state index contributed by atoms with van der Waals surface area (Å²) >= 11 is 0. The van der Waals surface area contributed by atoms with Gasteiger partial charge < -0.3 is 0 Å². The van der Waals surface area contributed by atoms with Crippen molar-refractivity contribution < 1.29 is 0 Å². The van der Waals surface area contributed by atoms with Crippen LogP contribution >= 0.6 is 0 Å². The molecule has 0 aliphatic carbocycles. The Labute approximate surface area is 219 Å². The van der Waals surface area contributed by atoms with Gasteiger partial charge in [0.15, 0.2) is 0 Å². The fourth-order valence-corrected chi connectivity index (χ4v) is 5.87. The first-order valence-electron chi connectivity index (χ1n) is 12.8. The van der Waals surface area contributed by atoms with E-state index in [0.29, 0.717) is 0 Å². The first-order valence-corrected chi connectivity index (χ1v) is 12.8. The fraction of sp³-hybridized carbons (Fsp3) is 0. The molecule has 0 fully saturated rings. The van der Waals surface area contributed by atoms with Gasteiger partial charge in [-0.1, -0.05) is 72.8 Å². The average Bonchev–Trinajstić information content (AvgIpc) is 3.50. The van der Waals surface area contributed by atoms with E-state index < -0.39 is 0 Å². The van der Waals surface area contributed by atoms with E-state index in [2.05, 4.69) is 118 Å². The third kappa shape index (κ3) is 2.91. The summed E-state index contributed by atoms with van der Waals surface area (Å²) in [6, 6.07) is 42.5. The lowest BCUT2D eigenvalue weighted by atomic mass is 10.1. The third-order valence-corrected chi connectivity index (χ3v) is 7.45. The summed E-state index contributed by atoms with van der Waals surface area (Å²) in [5.74, 6) is 1.78. The number of aromatic nitrogens is 4. The Kier molecular flexibility index (Phi) is 4.49. The predicted octanol–water partition coefficient (Wildman–Crippen LogP) is 8.34. The van der Waals surface area contributed by atoms with E-state index in [-0.39, 0.29) is 0 Å². The minimum Gasteiger partial charge on any atom is -0.293 e. The van der Waals surface area contributed by atoms with Crippen molar-refractivity contribution >= 4 is 43.6 Å². The molecule has 0 unspecified atom stereocenters. The van der Waals surface area contributed by atoms with E-state index in [1.54, 1.807) is 0 Å². The SMILES string of the molecule is c1cnc(-n2c3ccccc3c3ccccc32)c(-c2cccnc2-n2c3ccccc3c3ccccc32)c1. The lowest BCUT2D eigenvalue weighted by Crippen LogP contribution is -2.04. The molecule has 0 spiro atoms. The van der Waals surface area contributed by atoms with E-state index in [4.69, 9.17) is 9.97 Å². The summed E-state index contributed by atoms with van der Waals surface area (Å²) < 4.78 is 4.56. The lowest BCUT2D eigenvalue weighted by molar-refractivity contribution is 1.06. The van der Waals surface area contributed by atoms with Crippen LogP contribution in [0.2, 0.25) is 0 Å². The van der Waals surface area contributed by atoms with Crippen molar-refractivity contribution in [2.45, 2.75) is 0 Å². The normalized spacial score (nSPS) is 11.7. The molecule has 38 heavy (non-hydrogen) atoms. The molecule has 0 bridgehead atoms. The largest absolute Gasteiger partial charge is 0.293 e. The summed E-state index contributed by atoms with van der Waals surface area (Å²) in [6.45, 7) is 0. The second-order valence-electron chi connectivity index (χ2n) is 9.49. The van der Waals surface area contributed by atoms with Gasteiger partial charge in [-0.2, -0.15) is 0 Å². The van der Waals surface area contributed by atoms with Gasteiger partial charge in [0.2, 0.25) is 0 Å². The summed E-state index contributed by atoms with van der Waals surface area (Å²) in [5.41, 5.74) is 6.60. The average molecular weight is 487 g/mol. The van der Waals surface area contributed by atoms with Gasteiger partial charge in [0.1, 0.15) is 11.6 Å². The Bertz CT molecular complexity index is 1890. The molecular formula is C34H22N4. The van der Waals surface area contributed by atoms with E-state index in [1.807, 2.05) is 24.5 Å². The van der Waals surface area contributed by atoms with Crippen LogP contribution in [-0.4, -0.2) is 19.1 Å². The molecule has 0 amide bonds. The smallest absolute Gasteiger partial charge is 0.145 e. The zero-order valence-electron chi connectivity index (χ0n) is 20.5. The highest BCUT2D eigenvalue weighted by Crippen LogP contribution is 2.38. The van der Waals surface area contributed by atoms with Crippen molar-refractivity contribution in [3.05, 3.63) is 134 Å². The van der Waals surface area contributed by atoms with Crippen LogP contribution in [0.15, 0.2) is 134 Å². The maximum absolute atomic E-state index is 4.97. The Balaban J connectivity index is 1.47. The van der Waals surface area contributed by atoms with Crippen LogP contribution in [0.3, 0.4) is 0 Å². The van der Waals surface area contributed by atoms with Gasteiger partial charge in [0.05, 0.1) is 22.1 Å². The van der Waals surface area contributed by atoms with Gasteiger partial charge in [0, 0.05) is 45.1 Å². The fourth-order valence-electron chi connectivity index (χ4n) is 5.87. The Morgan fingerprint density at radius 1 is 0.342 bits per heavy atom. The molecule has 4 aromatic heterocycles. The minimum atomic E-state index is 0.889. The number of pyridine rings is 2. The highest BCUT2D eigenvalue weighted by Gasteiger charge is 2.20. The second-order valence-corrected chi connectivity index (χ2v) is 9.49. The van der Waals surface area contributed by atoms with Crippen LogP contribution in [0, 0.1) is 0 Å². The first kappa shape index (κ1) is 20.9. The van der Waals surface area contributed by atoms with Crippen molar-refractivity contribution in [2.24, 2.45) is 0 Å². The molecule has 8 rings (SSSR count). The zero-order chi connectivity index (χ0) is 25.1. The maximum atomic E-state index is 4.97. The molecule has 178 valence electrons. The van der Waals surface area contributed by atoms with Crippen molar-refractivity contribution in [1.82, 2.24) is 19.1 Å². The topological polar surface area (TPSA) is 35.6 Å². The molecule has 0 N–H and O–H groups in total. The van der Waals surface area contributed by atoms with Gasteiger partial charge >= 0.3 is 0 Å². The summed E-state index contributed by atoms with van der Waals surface area (Å²) in [4.78, 5) is 9.94. The van der Waals surface area contributed by atoms with Crippen molar-refractivity contribution in [1.29, 1.82) is 0 Å². The standard InChI is InChI=1S/C34H22N4/c1-5-17-29-23(11-1)24-12-2-6-18-30(24)37(29)33-27(15-9-21-35-33)28-16-10-22-36-34(28)38-31-19-7-3-13-25(31)26-14-4-8-20-32(26)38/h1-22H. The molecule has 0 radical (unpaired) electrons. The number of para-hydroxylation sites is 4. The van der Waals surface area contributed by atoms with Gasteiger partial charge in [-0.3, -0.25) is 9.13 Å². The maximum Gasteiger partial charge on any atom is 0.145 e. The number of fused-ring (bicyclic) bond motifs is 6. The lowest BCUT2D eigenvalue weighted by Gasteiger charge is -2.16. The zero-order valence-corrected chi connectivity index (χ0v) is 20.5. The van der Waals surface area contributed by atoms with Crippen LogP contribution in [0.25, 0.3) is 66.4 Å². The highest BCUT2D eigenvalue weighted by atomic mass is 15.1. The first-order chi connectivity index (χ1) is 18.9. The molecule has 4 heteroatoms. The van der Waals surface area contributed by atoms with Gasteiger partial charge in [-0.25, -0.2) is 9.97 Å². The second kappa shape index (κ2) is 8.15. The van der Waals surface area contributed by atoms with Crippen LogP contribution < -0.4 is 0 Å². The van der Waals surface area contributed by atoms with Crippen molar-refractivity contribution in [3.63, 3.8) is 0 Å². The third-order valence-electron chi connectivity index (χ3n) is 7.45. The Morgan fingerprint density at radius 3 is 1.00 bits per heavy atom. The van der Waals surface area contributed by atoms with Crippen LogP contribution in [0.4, 0.5) is 0 Å². The highest BCUT2D eigenvalue weighted by molar-refractivity contribution is 6.11. The molecule has 8 aromatic rings. The van der Waals surface area contributed by atoms with Crippen LogP contribution in [-0.2, 0) is 0 Å². The van der Waals surface area contributed by atoms with Crippen LogP contribution in [0.1, 0.15) is 0 Å². The summed E-state index contributed by atoms with van der Waals surface area (Å²) in [5, 5.41) is 4.86.